The molecule has 4 aromatic rings. The molecule has 0 heterocycles. The normalized spacial score (nSPS) is 14.2. The first-order valence-electron chi connectivity index (χ1n) is 16.0. The molecule has 0 aromatic heterocycles. The predicted molar refractivity (Wildman–Crippen MR) is 188 cm³/mol. The standard InChI is InChI=1S/C23H29.C14H11Cl.C5H5.2ClH.Zr/c1-14-9-16-11-17-10-15(2)21(23(6,7)8)13-19(17)18(16)12-20(14)22(3,4)5;1-11-5-7-12(8-6-11)9-13-3-2-4-14(15)10-13;1-2-4-5-3-1;;;/h9-13H,1-8H3;2-8,10H,1H3;1-3H,4H2;2*1H;/q;;;;;+2/p-2. The quantitative estimate of drug-likeness (QED) is 0.253. The molecule has 0 spiro atoms. The number of allylic oxidation sites excluding steroid dienone is 4. The molecule has 4 heteroatoms. The van der Waals surface area contributed by atoms with Crippen LogP contribution in [0.3, 0.4) is 0 Å². The summed E-state index contributed by atoms with van der Waals surface area (Å²) in [4.78, 5) is 0. The maximum absolute atomic E-state index is 6.73. The first-order valence-corrected chi connectivity index (χ1v) is 20.2. The average molecular weight is 747 g/mol. The number of aryl methyl sites for hydroxylation is 3. The van der Waals surface area contributed by atoms with Gasteiger partial charge in [-0.1, -0.05) is 0 Å². The second kappa shape index (κ2) is 13.8. The van der Waals surface area contributed by atoms with Crippen molar-refractivity contribution in [2.75, 3.05) is 0 Å². The van der Waals surface area contributed by atoms with Gasteiger partial charge in [-0.15, -0.1) is 0 Å². The van der Waals surface area contributed by atoms with Crippen LogP contribution in [0.2, 0.25) is 5.02 Å². The van der Waals surface area contributed by atoms with E-state index in [4.69, 9.17) is 11.6 Å². The van der Waals surface area contributed by atoms with E-state index in [0.29, 0.717) is 3.63 Å². The van der Waals surface area contributed by atoms with E-state index in [-0.39, 0.29) is 35.6 Å². The molecule has 46 heavy (non-hydrogen) atoms. The molecule has 0 unspecified atom stereocenters. The van der Waals surface area contributed by atoms with Gasteiger partial charge in [0.15, 0.2) is 0 Å². The van der Waals surface area contributed by atoms with Crippen molar-refractivity contribution < 1.29 is 46.1 Å². The number of rotatable bonds is 4. The van der Waals surface area contributed by atoms with Crippen LogP contribution >= 0.6 is 11.6 Å². The second-order valence-corrected chi connectivity index (χ2v) is 21.6. The molecule has 0 radical (unpaired) electrons. The van der Waals surface area contributed by atoms with E-state index in [9.17, 15) is 0 Å². The van der Waals surface area contributed by atoms with Gasteiger partial charge in [0, 0.05) is 0 Å². The Labute approximate surface area is 302 Å². The van der Waals surface area contributed by atoms with Gasteiger partial charge in [-0.2, -0.15) is 0 Å². The Morgan fingerprint density at radius 2 is 1.24 bits per heavy atom. The van der Waals surface area contributed by atoms with Gasteiger partial charge >= 0.3 is 280 Å². The average Bonchev–Trinajstić information content (AvgIpc) is 3.57. The minimum atomic E-state index is -2.77. The Hall–Kier alpha value is -2.02. The zero-order valence-corrected chi connectivity index (χ0v) is 33.3. The first-order chi connectivity index (χ1) is 20.7. The van der Waals surface area contributed by atoms with E-state index in [2.05, 4.69) is 147 Å². The summed E-state index contributed by atoms with van der Waals surface area (Å²) >= 11 is 3.96. The van der Waals surface area contributed by atoms with Crippen molar-refractivity contribution in [1.29, 1.82) is 0 Å². The fraction of sp³-hybridized carbons (Fsp3) is 0.310. The summed E-state index contributed by atoms with van der Waals surface area (Å²) < 4.78 is 3.58. The van der Waals surface area contributed by atoms with E-state index in [1.54, 1.807) is 6.49 Å². The maximum atomic E-state index is 6.73. The topological polar surface area (TPSA) is 0 Å². The van der Waals surface area contributed by atoms with Crippen molar-refractivity contribution in [1.82, 2.24) is 0 Å². The molecule has 0 aliphatic heterocycles. The first kappa shape index (κ1) is 36.8. The van der Waals surface area contributed by atoms with Crippen LogP contribution < -0.4 is 24.8 Å². The smallest absolute Gasteiger partial charge is 1.00 e. The van der Waals surface area contributed by atoms with Gasteiger partial charge in [-0.25, -0.2) is 0 Å². The molecule has 0 nitrogen and oxygen atoms in total. The number of hydrogen-bond donors (Lipinski definition) is 0. The molecule has 2 aliphatic carbocycles. The minimum Gasteiger partial charge on any atom is -1.00 e. The molecule has 4 aromatic carbocycles. The molecule has 0 atom stereocenters. The Morgan fingerprint density at radius 3 is 1.70 bits per heavy atom. The number of halogens is 3. The van der Waals surface area contributed by atoms with Gasteiger partial charge < -0.3 is 24.8 Å². The zero-order valence-electron chi connectivity index (χ0n) is 28.6. The van der Waals surface area contributed by atoms with Crippen molar-refractivity contribution in [2.45, 2.75) is 83.2 Å². The van der Waals surface area contributed by atoms with E-state index in [1.165, 1.54) is 61.2 Å². The summed E-state index contributed by atoms with van der Waals surface area (Å²) in [7, 11) is 0. The van der Waals surface area contributed by atoms with Crippen molar-refractivity contribution in [3.8, 4) is 11.1 Å². The fourth-order valence-electron chi connectivity index (χ4n) is 7.48. The monoisotopic (exact) mass is 744 g/mol. The number of benzene rings is 4. The summed E-state index contributed by atoms with van der Waals surface area (Å²) in [6.07, 6.45) is 8.15. The molecule has 6 rings (SSSR count). The van der Waals surface area contributed by atoms with Crippen molar-refractivity contribution in [3.05, 3.63) is 149 Å². The third kappa shape index (κ3) is 6.91. The van der Waals surface area contributed by atoms with E-state index in [0.717, 1.165) is 11.4 Å². The van der Waals surface area contributed by atoms with Crippen molar-refractivity contribution in [2.24, 2.45) is 0 Å². The van der Waals surface area contributed by atoms with Crippen LogP contribution in [0.15, 0.2) is 94.3 Å². The molecule has 0 amide bonds. The van der Waals surface area contributed by atoms with Gasteiger partial charge in [0.25, 0.3) is 0 Å². The summed E-state index contributed by atoms with van der Waals surface area (Å²) in [6, 6.07) is 28.1. The van der Waals surface area contributed by atoms with Crippen LogP contribution in [-0.4, -0.2) is 3.21 Å². The number of hydrogen-bond acceptors (Lipinski definition) is 0. The molecular weight excluding hydrogens is 702 g/mol. The van der Waals surface area contributed by atoms with Gasteiger partial charge in [0.1, 0.15) is 0 Å². The Kier molecular flexibility index (Phi) is 11.1. The van der Waals surface area contributed by atoms with Crippen LogP contribution in [0.5, 0.6) is 0 Å². The fourth-order valence-corrected chi connectivity index (χ4v) is 16.6. The summed E-state index contributed by atoms with van der Waals surface area (Å²) in [5.41, 5.74) is 15.7. The summed E-state index contributed by atoms with van der Waals surface area (Å²) in [5, 5.41) is 0.803. The third-order valence-corrected chi connectivity index (χ3v) is 18.0. The zero-order chi connectivity index (χ0) is 31.6. The molecule has 0 saturated carbocycles. The van der Waals surface area contributed by atoms with Gasteiger partial charge in [-0.05, 0) is 0 Å². The Morgan fingerprint density at radius 1 is 0.696 bits per heavy atom. The largest absolute Gasteiger partial charge is 1.00 e. The molecule has 0 N–H and O–H groups in total. The third-order valence-electron chi connectivity index (χ3n) is 9.45. The van der Waals surface area contributed by atoms with Crippen molar-refractivity contribution in [3.63, 3.8) is 0 Å². The molecule has 238 valence electrons. The van der Waals surface area contributed by atoms with Gasteiger partial charge in [0.05, 0.1) is 0 Å². The molecule has 0 fully saturated rings. The van der Waals surface area contributed by atoms with Crippen LogP contribution in [0.4, 0.5) is 0 Å². The molecule has 0 saturated heterocycles. The second-order valence-electron chi connectivity index (χ2n) is 14.9. The van der Waals surface area contributed by atoms with Gasteiger partial charge in [0.2, 0.25) is 0 Å². The van der Waals surface area contributed by atoms with Crippen LogP contribution in [-0.2, 0) is 32.1 Å². The summed E-state index contributed by atoms with van der Waals surface area (Å²) in [6.45, 7) is 20.9. The van der Waals surface area contributed by atoms with Crippen LogP contribution in [0, 0.1) is 20.8 Å². The van der Waals surface area contributed by atoms with Crippen LogP contribution in [0.1, 0.15) is 102 Å². The molecule has 2 aliphatic rings. The Balaban J connectivity index is 0.00000240. The van der Waals surface area contributed by atoms with Gasteiger partial charge in [-0.3, -0.25) is 0 Å². The summed E-state index contributed by atoms with van der Waals surface area (Å²) in [5.74, 6) is 0. The molecular formula is C42H45Cl3Zr. The van der Waals surface area contributed by atoms with E-state index < -0.39 is 21.3 Å². The SMILES string of the molecule is Cc1ccc(/[C](c2cccc(Cl)c2)=[Zr+2](/[C]2=CC=CC2)[CH]2c3cc(C)c(C(C)(C)C)cc3-c3cc(C(C)(C)C)c(C)cc32)cc1.[Cl-].[Cl-]. The molecule has 0 bridgehead atoms. The van der Waals surface area contributed by atoms with Crippen LogP contribution in [0.25, 0.3) is 11.1 Å². The maximum Gasteiger partial charge on any atom is -1.00 e. The van der Waals surface area contributed by atoms with Crippen molar-refractivity contribution >= 4 is 14.8 Å². The predicted octanol–water partition coefficient (Wildman–Crippen LogP) is 5.67. The Bertz CT molecular complexity index is 1810. The van der Waals surface area contributed by atoms with E-state index in [1.807, 2.05) is 6.07 Å². The minimum absolute atomic E-state index is 0. The van der Waals surface area contributed by atoms with E-state index >= 15 is 0 Å². The number of fused-ring (bicyclic) bond motifs is 3.